The van der Waals surface area contributed by atoms with Crippen LogP contribution in [-0.2, 0) is 9.59 Å². The number of rotatable bonds is 7. The number of amides is 2. The van der Waals surface area contributed by atoms with Crippen LogP contribution in [0.2, 0.25) is 0 Å². The monoisotopic (exact) mass is 286 g/mol. The normalized spacial score (nSPS) is 21.7. The van der Waals surface area contributed by atoms with E-state index in [2.05, 4.69) is 0 Å². The average molecular weight is 286 g/mol. The maximum Gasteiger partial charge on any atom is 0.217 e. The van der Waals surface area contributed by atoms with Crippen molar-refractivity contribution in [2.45, 2.75) is 51.4 Å². The molecule has 1 aliphatic carbocycles. The van der Waals surface area contributed by atoms with Gasteiger partial charge in [0.2, 0.25) is 11.8 Å². The summed E-state index contributed by atoms with van der Waals surface area (Å²) in [6.45, 7) is 1.74. The van der Waals surface area contributed by atoms with E-state index in [1.54, 1.807) is 0 Å². The van der Waals surface area contributed by atoms with E-state index in [0.29, 0.717) is 25.7 Å². The number of primary amides is 2. The van der Waals surface area contributed by atoms with Gasteiger partial charge in [-0.25, -0.2) is 0 Å². The summed E-state index contributed by atoms with van der Waals surface area (Å²) in [5.74, 6) is 0.930. The summed E-state index contributed by atoms with van der Waals surface area (Å²) >= 11 is 0. The van der Waals surface area contributed by atoms with Crippen LogP contribution < -0.4 is 22.9 Å². The maximum absolute atomic E-state index is 10.2. The highest BCUT2D eigenvalue weighted by Gasteiger charge is 2.18. The minimum Gasteiger partial charge on any atom is -0.370 e. The van der Waals surface area contributed by atoms with Crippen LogP contribution in [0.15, 0.2) is 0 Å². The summed E-state index contributed by atoms with van der Waals surface area (Å²) in [4.78, 5) is 20.3. The van der Waals surface area contributed by atoms with E-state index in [1.165, 1.54) is 25.7 Å². The fraction of sp³-hybridized carbons (Fsp3) is 0.857. The van der Waals surface area contributed by atoms with Gasteiger partial charge in [0.15, 0.2) is 0 Å². The molecule has 1 fully saturated rings. The van der Waals surface area contributed by atoms with Gasteiger partial charge in [-0.3, -0.25) is 9.59 Å². The van der Waals surface area contributed by atoms with Crippen LogP contribution in [0.4, 0.5) is 0 Å². The van der Waals surface area contributed by atoms with E-state index in [4.69, 9.17) is 22.9 Å². The van der Waals surface area contributed by atoms with Crippen LogP contribution in [-0.4, -0.2) is 24.9 Å². The Labute approximate surface area is 121 Å². The summed E-state index contributed by atoms with van der Waals surface area (Å²) in [5, 5.41) is 0. The predicted octanol–water partition coefficient (Wildman–Crippen LogP) is 0.228. The minimum absolute atomic E-state index is 0.329. The van der Waals surface area contributed by atoms with E-state index in [-0.39, 0.29) is 11.8 Å². The molecule has 0 heterocycles. The minimum atomic E-state index is -0.329. The molecule has 0 aromatic carbocycles. The summed E-state index contributed by atoms with van der Waals surface area (Å²) < 4.78 is 0. The first-order chi connectivity index (χ1) is 9.49. The molecule has 0 spiro atoms. The number of unbranched alkanes of at least 4 members (excludes halogenated alkanes) is 1. The molecule has 0 aromatic rings. The van der Waals surface area contributed by atoms with Crippen LogP contribution in [0, 0.1) is 11.8 Å². The SMILES string of the molecule is NC(=O)CCCCC(N)=O.NCC1CCC(CN)CC1. The van der Waals surface area contributed by atoms with Crippen LogP contribution in [0.3, 0.4) is 0 Å². The molecule has 0 bridgehead atoms. The number of hydrogen-bond donors (Lipinski definition) is 4. The molecule has 0 radical (unpaired) electrons. The van der Waals surface area contributed by atoms with Gasteiger partial charge in [-0.1, -0.05) is 0 Å². The Balaban J connectivity index is 0.000000361. The Kier molecular flexibility index (Phi) is 11.0. The first-order valence-electron chi connectivity index (χ1n) is 7.46. The Morgan fingerprint density at radius 2 is 1.05 bits per heavy atom. The lowest BCUT2D eigenvalue weighted by Crippen LogP contribution is -2.25. The molecule has 118 valence electrons. The lowest BCUT2D eigenvalue weighted by Gasteiger charge is -2.26. The van der Waals surface area contributed by atoms with Gasteiger partial charge in [0, 0.05) is 12.8 Å². The zero-order chi connectivity index (χ0) is 15.4. The fourth-order valence-corrected chi connectivity index (χ4v) is 2.30. The zero-order valence-corrected chi connectivity index (χ0v) is 12.4. The van der Waals surface area contributed by atoms with Gasteiger partial charge in [-0.15, -0.1) is 0 Å². The van der Waals surface area contributed by atoms with E-state index >= 15 is 0 Å². The number of carbonyl (C=O) groups excluding carboxylic acids is 2. The molecule has 0 aliphatic heterocycles. The molecular weight excluding hydrogens is 256 g/mol. The Bertz CT molecular complexity index is 248. The van der Waals surface area contributed by atoms with Gasteiger partial charge >= 0.3 is 0 Å². The highest BCUT2D eigenvalue weighted by Crippen LogP contribution is 2.26. The van der Waals surface area contributed by atoms with E-state index in [0.717, 1.165) is 24.9 Å². The number of nitrogens with two attached hydrogens (primary N) is 4. The quantitative estimate of drug-likeness (QED) is 0.497. The fourth-order valence-electron chi connectivity index (χ4n) is 2.30. The van der Waals surface area contributed by atoms with Crippen molar-refractivity contribution in [3.63, 3.8) is 0 Å². The molecule has 1 saturated carbocycles. The topological polar surface area (TPSA) is 138 Å². The van der Waals surface area contributed by atoms with Crippen molar-refractivity contribution in [3.8, 4) is 0 Å². The van der Waals surface area contributed by atoms with Gasteiger partial charge in [0.25, 0.3) is 0 Å². The van der Waals surface area contributed by atoms with Crippen molar-refractivity contribution in [1.29, 1.82) is 0 Å². The third-order valence-electron chi connectivity index (χ3n) is 3.73. The molecule has 20 heavy (non-hydrogen) atoms. The molecule has 8 N–H and O–H groups in total. The second-order valence-electron chi connectivity index (χ2n) is 5.50. The van der Waals surface area contributed by atoms with Crippen molar-refractivity contribution in [1.82, 2.24) is 0 Å². The van der Waals surface area contributed by atoms with Crippen molar-refractivity contribution in [3.05, 3.63) is 0 Å². The molecular formula is C14H30N4O2. The van der Waals surface area contributed by atoms with Gasteiger partial charge < -0.3 is 22.9 Å². The third-order valence-corrected chi connectivity index (χ3v) is 3.73. The molecule has 6 heteroatoms. The molecule has 1 aliphatic rings. The molecule has 0 saturated heterocycles. The van der Waals surface area contributed by atoms with Crippen LogP contribution >= 0.6 is 0 Å². The summed E-state index contributed by atoms with van der Waals surface area (Å²) in [7, 11) is 0. The molecule has 2 amide bonds. The summed E-state index contributed by atoms with van der Waals surface area (Å²) in [6.07, 6.45) is 7.20. The molecule has 0 aromatic heterocycles. The summed E-state index contributed by atoms with van der Waals surface area (Å²) in [5.41, 5.74) is 20.8. The standard InChI is InChI=1S/C8H18N2.C6H12N2O2/c9-5-7-1-2-8(6-10)4-3-7;7-5(9)3-1-2-4-6(8)10/h7-8H,1-6,9-10H2;1-4H2,(H2,7,9)(H2,8,10). The second kappa shape index (κ2) is 11.7. The molecule has 0 atom stereocenters. The molecule has 6 nitrogen and oxygen atoms in total. The molecule has 0 unspecified atom stereocenters. The predicted molar refractivity (Wildman–Crippen MR) is 80.4 cm³/mol. The second-order valence-corrected chi connectivity index (χ2v) is 5.50. The van der Waals surface area contributed by atoms with Crippen molar-refractivity contribution in [2.75, 3.05) is 13.1 Å². The van der Waals surface area contributed by atoms with Crippen LogP contribution in [0.25, 0.3) is 0 Å². The highest BCUT2D eigenvalue weighted by atomic mass is 16.1. The van der Waals surface area contributed by atoms with Gasteiger partial charge in [0.05, 0.1) is 0 Å². The van der Waals surface area contributed by atoms with Gasteiger partial charge in [-0.2, -0.15) is 0 Å². The van der Waals surface area contributed by atoms with Crippen molar-refractivity contribution < 1.29 is 9.59 Å². The largest absolute Gasteiger partial charge is 0.370 e. The number of carbonyl (C=O) groups is 2. The highest BCUT2D eigenvalue weighted by molar-refractivity contribution is 5.74. The Hall–Kier alpha value is -1.14. The van der Waals surface area contributed by atoms with Gasteiger partial charge in [0.1, 0.15) is 0 Å². The lowest BCUT2D eigenvalue weighted by atomic mass is 9.82. The van der Waals surface area contributed by atoms with E-state index in [9.17, 15) is 9.59 Å². The Morgan fingerprint density at radius 3 is 1.25 bits per heavy atom. The molecule has 1 rings (SSSR count). The average Bonchev–Trinajstić information content (AvgIpc) is 2.44. The lowest BCUT2D eigenvalue weighted by molar-refractivity contribution is -0.119. The van der Waals surface area contributed by atoms with Crippen LogP contribution in [0.1, 0.15) is 51.4 Å². The van der Waals surface area contributed by atoms with Gasteiger partial charge in [-0.05, 0) is 63.5 Å². The van der Waals surface area contributed by atoms with Crippen molar-refractivity contribution >= 4 is 11.8 Å². The number of hydrogen-bond acceptors (Lipinski definition) is 4. The van der Waals surface area contributed by atoms with E-state index < -0.39 is 0 Å². The maximum atomic E-state index is 10.2. The van der Waals surface area contributed by atoms with Crippen LogP contribution in [0.5, 0.6) is 0 Å². The van der Waals surface area contributed by atoms with E-state index in [1.807, 2.05) is 0 Å². The first-order valence-corrected chi connectivity index (χ1v) is 7.46. The zero-order valence-electron chi connectivity index (χ0n) is 12.4. The smallest absolute Gasteiger partial charge is 0.217 e. The first kappa shape index (κ1) is 18.9. The Morgan fingerprint density at radius 1 is 0.750 bits per heavy atom. The summed E-state index contributed by atoms with van der Waals surface area (Å²) in [6, 6.07) is 0. The van der Waals surface area contributed by atoms with Crippen molar-refractivity contribution in [2.24, 2.45) is 34.8 Å². The third kappa shape index (κ3) is 10.8.